The molecule has 0 amide bonds. The molecule has 0 spiro atoms. The third-order valence-corrected chi connectivity index (χ3v) is 8.19. The molecule has 1 saturated heterocycles. The highest BCUT2D eigenvalue weighted by Gasteiger charge is 2.51. The molecule has 31 heavy (non-hydrogen) atoms. The van der Waals surface area contributed by atoms with Crippen molar-refractivity contribution in [3.8, 4) is 0 Å². The lowest BCUT2D eigenvalue weighted by Gasteiger charge is -2.27. The maximum atomic E-state index is 13.3. The molecular formula is C19H23F3N6O2S. The van der Waals surface area contributed by atoms with E-state index < -0.39 is 28.5 Å². The molecule has 3 aromatic rings. The minimum Gasteiger partial charge on any atom is -0.345 e. The van der Waals surface area contributed by atoms with Gasteiger partial charge in [-0.05, 0) is 37.7 Å². The van der Waals surface area contributed by atoms with Crippen LogP contribution in [0.3, 0.4) is 0 Å². The van der Waals surface area contributed by atoms with Crippen molar-refractivity contribution in [1.82, 2.24) is 28.4 Å². The van der Waals surface area contributed by atoms with E-state index in [-0.39, 0.29) is 31.2 Å². The first-order chi connectivity index (χ1) is 14.6. The Balaban J connectivity index is 1.39. The predicted molar refractivity (Wildman–Crippen MR) is 108 cm³/mol. The van der Waals surface area contributed by atoms with Gasteiger partial charge in [0.25, 0.3) is 10.2 Å². The van der Waals surface area contributed by atoms with Crippen molar-refractivity contribution in [2.24, 2.45) is 5.92 Å². The number of H-pyrrole nitrogens is 1. The van der Waals surface area contributed by atoms with Crippen LogP contribution in [-0.2, 0) is 10.2 Å². The molecule has 4 heterocycles. The predicted octanol–water partition coefficient (Wildman–Crippen LogP) is 2.95. The number of hydrogen-bond donors (Lipinski definition) is 2. The third-order valence-electron chi connectivity index (χ3n) is 6.51. The highest BCUT2D eigenvalue weighted by molar-refractivity contribution is 7.87. The van der Waals surface area contributed by atoms with Crippen LogP contribution in [0.15, 0.2) is 24.7 Å². The van der Waals surface area contributed by atoms with Crippen molar-refractivity contribution in [2.45, 2.75) is 56.8 Å². The van der Waals surface area contributed by atoms with Crippen LogP contribution in [-0.4, -0.2) is 56.9 Å². The van der Waals surface area contributed by atoms with Gasteiger partial charge in [0, 0.05) is 24.7 Å². The van der Waals surface area contributed by atoms with Crippen molar-refractivity contribution in [3.63, 3.8) is 0 Å². The Morgan fingerprint density at radius 2 is 2.00 bits per heavy atom. The summed E-state index contributed by atoms with van der Waals surface area (Å²) >= 11 is 0. The fourth-order valence-corrected chi connectivity index (χ4v) is 6.78. The minimum atomic E-state index is -4.57. The van der Waals surface area contributed by atoms with Gasteiger partial charge in [0.1, 0.15) is 11.9 Å². The maximum Gasteiger partial charge on any atom is 0.405 e. The van der Waals surface area contributed by atoms with Gasteiger partial charge in [-0.3, -0.25) is 4.40 Å². The van der Waals surface area contributed by atoms with Gasteiger partial charge in [-0.1, -0.05) is 6.92 Å². The number of imidazole rings is 1. The number of fused-ring (bicyclic) bond motifs is 3. The number of halogens is 3. The van der Waals surface area contributed by atoms with E-state index in [4.69, 9.17) is 0 Å². The zero-order valence-corrected chi connectivity index (χ0v) is 17.6. The molecule has 0 bridgehead atoms. The topological polar surface area (TPSA) is 95.4 Å². The Morgan fingerprint density at radius 1 is 1.23 bits per heavy atom. The van der Waals surface area contributed by atoms with E-state index in [1.807, 2.05) is 17.4 Å². The van der Waals surface area contributed by atoms with E-state index in [0.29, 0.717) is 17.1 Å². The first-order valence-corrected chi connectivity index (χ1v) is 11.7. The molecule has 0 radical (unpaired) electrons. The van der Waals surface area contributed by atoms with E-state index >= 15 is 0 Å². The summed E-state index contributed by atoms with van der Waals surface area (Å²) in [5.41, 5.74) is 2.44. The van der Waals surface area contributed by atoms with Gasteiger partial charge in [-0.2, -0.15) is 30.6 Å². The van der Waals surface area contributed by atoms with E-state index in [2.05, 4.69) is 19.7 Å². The largest absolute Gasteiger partial charge is 0.405 e. The molecule has 3 aromatic heterocycles. The van der Waals surface area contributed by atoms with Crippen molar-refractivity contribution in [3.05, 3.63) is 30.5 Å². The number of alkyl halides is 3. The molecule has 168 valence electrons. The lowest BCUT2D eigenvalue weighted by molar-refractivity contribution is -0.165. The van der Waals surface area contributed by atoms with Crippen LogP contribution in [0, 0.1) is 5.92 Å². The molecule has 8 nitrogen and oxygen atoms in total. The van der Waals surface area contributed by atoms with Crippen molar-refractivity contribution in [2.75, 3.05) is 6.54 Å². The SMILES string of the molecule is C[C@@H]1C[C@H](NS(=O)(=O)N2CCC[C@H]2C(F)(F)F)C[C@@H]1c1ncc2cnc3[nH]ccc3n12. The number of nitrogens with zero attached hydrogens (tertiary/aromatic N) is 4. The van der Waals surface area contributed by atoms with Crippen LogP contribution in [0.25, 0.3) is 16.7 Å². The minimum absolute atomic E-state index is 0.0345. The summed E-state index contributed by atoms with van der Waals surface area (Å²) < 4.78 is 70.5. The van der Waals surface area contributed by atoms with Gasteiger partial charge in [-0.25, -0.2) is 9.97 Å². The average molecular weight is 456 g/mol. The molecule has 0 aromatic carbocycles. The quantitative estimate of drug-likeness (QED) is 0.631. The number of hydrogen-bond acceptors (Lipinski definition) is 4. The Bertz CT molecular complexity index is 1220. The fraction of sp³-hybridized carbons (Fsp3) is 0.579. The zero-order valence-electron chi connectivity index (χ0n) is 16.8. The molecule has 1 aliphatic heterocycles. The lowest BCUT2D eigenvalue weighted by Crippen LogP contribution is -2.51. The smallest absolute Gasteiger partial charge is 0.345 e. The van der Waals surface area contributed by atoms with Crippen LogP contribution < -0.4 is 4.72 Å². The molecule has 12 heteroatoms. The number of nitrogens with one attached hydrogen (secondary N) is 2. The van der Waals surface area contributed by atoms with Crippen LogP contribution in [0.1, 0.15) is 44.3 Å². The Morgan fingerprint density at radius 3 is 2.77 bits per heavy atom. The molecule has 4 atom stereocenters. The fourth-order valence-electron chi connectivity index (χ4n) is 5.10. The summed E-state index contributed by atoms with van der Waals surface area (Å²) in [7, 11) is -4.24. The third kappa shape index (κ3) is 3.50. The molecule has 2 N–H and O–H groups in total. The van der Waals surface area contributed by atoms with E-state index in [1.165, 1.54) is 0 Å². The second-order valence-corrected chi connectivity index (χ2v) is 10.2. The van der Waals surface area contributed by atoms with Gasteiger partial charge >= 0.3 is 6.18 Å². The molecule has 1 saturated carbocycles. The summed E-state index contributed by atoms with van der Waals surface area (Å²) in [6.07, 6.45) is 1.69. The van der Waals surface area contributed by atoms with Gasteiger partial charge in [0.05, 0.1) is 23.4 Å². The van der Waals surface area contributed by atoms with Gasteiger partial charge < -0.3 is 4.98 Å². The number of aromatic amines is 1. The first-order valence-electron chi connectivity index (χ1n) is 10.3. The van der Waals surface area contributed by atoms with E-state index in [9.17, 15) is 21.6 Å². The molecule has 1 aliphatic carbocycles. The zero-order chi connectivity index (χ0) is 22.0. The first kappa shape index (κ1) is 20.7. The summed E-state index contributed by atoms with van der Waals surface area (Å²) in [4.78, 5) is 12.0. The Kier molecular flexibility index (Phi) is 4.79. The standard InChI is InChI=1S/C19H23F3N6O2S/c1-11-7-12(26-31(29,30)27-6-2-3-16(27)19(20,21)22)8-14(11)18-25-10-13-9-24-17-15(28(13)18)4-5-23-17/h4-5,9-12,14,16,23,26H,2-3,6-8H2,1H3/t11-,12+,14+,16+/m1/s1. The summed E-state index contributed by atoms with van der Waals surface area (Å²) in [6, 6.07) is -0.494. The van der Waals surface area contributed by atoms with Crippen molar-refractivity contribution in [1.29, 1.82) is 0 Å². The highest BCUT2D eigenvalue weighted by Crippen LogP contribution is 2.41. The average Bonchev–Trinajstić information content (AvgIpc) is 3.45. The summed E-state index contributed by atoms with van der Waals surface area (Å²) in [6.45, 7) is 1.90. The molecule has 2 aliphatic rings. The molecule has 5 rings (SSSR count). The van der Waals surface area contributed by atoms with Crippen LogP contribution >= 0.6 is 0 Å². The molecular weight excluding hydrogens is 433 g/mol. The number of aromatic nitrogens is 4. The highest BCUT2D eigenvalue weighted by atomic mass is 32.2. The van der Waals surface area contributed by atoms with Gasteiger partial charge in [0.2, 0.25) is 0 Å². The number of rotatable bonds is 4. The lowest BCUT2D eigenvalue weighted by atomic mass is 9.97. The van der Waals surface area contributed by atoms with Gasteiger partial charge in [0.15, 0.2) is 5.65 Å². The normalized spacial score (nSPS) is 28.3. The molecule has 2 fully saturated rings. The monoisotopic (exact) mass is 456 g/mol. The second kappa shape index (κ2) is 7.17. The van der Waals surface area contributed by atoms with Crippen molar-refractivity contribution >= 4 is 26.9 Å². The Hall–Kier alpha value is -2.18. The van der Waals surface area contributed by atoms with Crippen LogP contribution in [0.4, 0.5) is 13.2 Å². The summed E-state index contributed by atoms with van der Waals surface area (Å²) in [5, 5.41) is 0. The maximum absolute atomic E-state index is 13.3. The summed E-state index contributed by atoms with van der Waals surface area (Å²) in [5.74, 6) is 0.885. The van der Waals surface area contributed by atoms with E-state index in [1.54, 1.807) is 18.6 Å². The van der Waals surface area contributed by atoms with Crippen LogP contribution in [0.2, 0.25) is 0 Å². The van der Waals surface area contributed by atoms with Crippen LogP contribution in [0.5, 0.6) is 0 Å². The second-order valence-electron chi connectivity index (χ2n) is 8.53. The molecule has 0 unspecified atom stereocenters. The van der Waals surface area contributed by atoms with Crippen molar-refractivity contribution < 1.29 is 21.6 Å². The van der Waals surface area contributed by atoms with Gasteiger partial charge in [-0.15, -0.1) is 0 Å². The van der Waals surface area contributed by atoms with E-state index in [0.717, 1.165) is 22.5 Å². The Labute approximate surface area is 177 Å².